The molecule has 2 saturated heterocycles. The first-order chi connectivity index (χ1) is 10.2. The zero-order valence-electron chi connectivity index (χ0n) is 12.5. The minimum atomic E-state index is -3.55. The van der Waals surface area contributed by atoms with Gasteiger partial charge < -0.3 is 4.74 Å². The van der Waals surface area contributed by atoms with Gasteiger partial charge >= 0.3 is 0 Å². The molecule has 3 atom stereocenters. The molecule has 0 saturated carbocycles. The fourth-order valence-electron chi connectivity index (χ4n) is 3.88. The highest BCUT2D eigenvalue weighted by molar-refractivity contribution is 7.89. The Hall–Kier alpha value is -0.880. The van der Waals surface area contributed by atoms with Crippen LogP contribution in [0.5, 0.6) is 0 Å². The van der Waals surface area contributed by atoms with E-state index in [9.17, 15) is 8.42 Å². The molecule has 0 amide bonds. The van der Waals surface area contributed by atoms with Crippen LogP contribution in [0.4, 0.5) is 0 Å². The normalized spacial score (nSPS) is 40.3. The maximum atomic E-state index is 12.9. The summed E-state index contributed by atoms with van der Waals surface area (Å²) in [6.07, 6.45) is 4.60. The van der Waals surface area contributed by atoms with Crippen LogP contribution in [-0.4, -0.2) is 41.9 Å². The Kier molecular flexibility index (Phi) is 2.77. The van der Waals surface area contributed by atoms with E-state index < -0.39 is 20.5 Å². The van der Waals surface area contributed by atoms with Gasteiger partial charge in [0.2, 0.25) is 10.0 Å². The SMILES string of the molecule is Cc1ccc(S(=O)(=O)N2C[C@]3(Cl)C[C@@]4(C)C=C[C@]3(C2)O4)cc1. The number of halogens is 1. The summed E-state index contributed by atoms with van der Waals surface area (Å²) in [6, 6.07) is 6.91. The summed E-state index contributed by atoms with van der Waals surface area (Å²) in [5.41, 5.74) is -0.0230. The number of hydrogen-bond acceptors (Lipinski definition) is 3. The van der Waals surface area contributed by atoms with Crippen LogP contribution in [0.25, 0.3) is 0 Å². The van der Waals surface area contributed by atoms with Crippen molar-refractivity contribution in [1.29, 1.82) is 0 Å². The Balaban J connectivity index is 1.70. The Morgan fingerprint density at radius 1 is 1.18 bits per heavy atom. The predicted molar refractivity (Wildman–Crippen MR) is 84.5 cm³/mol. The fourth-order valence-corrected chi connectivity index (χ4v) is 6.05. The quantitative estimate of drug-likeness (QED) is 0.614. The number of hydrogen-bond donors (Lipinski definition) is 0. The minimum absolute atomic E-state index is 0.277. The van der Waals surface area contributed by atoms with Crippen LogP contribution in [-0.2, 0) is 14.8 Å². The molecule has 6 heteroatoms. The molecule has 4 nitrogen and oxygen atoms in total. The van der Waals surface area contributed by atoms with Gasteiger partial charge in [-0.25, -0.2) is 8.42 Å². The molecule has 1 spiro atoms. The highest BCUT2D eigenvalue weighted by Gasteiger charge is 2.69. The third-order valence-corrected chi connectivity index (χ3v) is 7.39. The Morgan fingerprint density at radius 2 is 1.86 bits per heavy atom. The van der Waals surface area contributed by atoms with E-state index in [2.05, 4.69) is 0 Å². The van der Waals surface area contributed by atoms with Gasteiger partial charge in [0.1, 0.15) is 5.60 Å². The first-order valence-electron chi connectivity index (χ1n) is 7.35. The number of ether oxygens (including phenoxy) is 1. The van der Waals surface area contributed by atoms with Crippen LogP contribution in [0.15, 0.2) is 41.3 Å². The van der Waals surface area contributed by atoms with Crippen molar-refractivity contribution in [1.82, 2.24) is 4.31 Å². The maximum absolute atomic E-state index is 12.9. The van der Waals surface area contributed by atoms with Gasteiger partial charge in [-0.1, -0.05) is 29.8 Å². The highest BCUT2D eigenvalue weighted by atomic mass is 35.5. The van der Waals surface area contributed by atoms with E-state index in [1.165, 1.54) is 4.31 Å². The minimum Gasteiger partial charge on any atom is -0.357 e. The average molecular weight is 340 g/mol. The summed E-state index contributed by atoms with van der Waals surface area (Å²) < 4.78 is 33.3. The van der Waals surface area contributed by atoms with E-state index in [-0.39, 0.29) is 18.7 Å². The molecule has 3 aliphatic rings. The molecule has 118 valence electrons. The van der Waals surface area contributed by atoms with Gasteiger partial charge in [-0.05, 0) is 26.0 Å². The molecular formula is C16H18ClNO3S. The lowest BCUT2D eigenvalue weighted by Crippen LogP contribution is -2.43. The Bertz CT molecular complexity index is 775. The first-order valence-corrected chi connectivity index (χ1v) is 9.16. The smallest absolute Gasteiger partial charge is 0.243 e. The van der Waals surface area contributed by atoms with Crippen molar-refractivity contribution >= 4 is 21.6 Å². The Labute approximate surface area is 135 Å². The highest BCUT2D eigenvalue weighted by Crippen LogP contribution is 2.59. The molecule has 0 aliphatic carbocycles. The van der Waals surface area contributed by atoms with Crippen molar-refractivity contribution in [3.05, 3.63) is 42.0 Å². The fraction of sp³-hybridized carbons (Fsp3) is 0.500. The molecule has 22 heavy (non-hydrogen) atoms. The number of fused-ring (bicyclic) bond motifs is 1. The number of alkyl halides is 1. The van der Waals surface area contributed by atoms with Gasteiger partial charge in [0.15, 0.2) is 0 Å². The van der Waals surface area contributed by atoms with Gasteiger partial charge in [-0.2, -0.15) is 4.31 Å². The molecule has 2 fully saturated rings. The first kappa shape index (κ1) is 14.7. The van der Waals surface area contributed by atoms with E-state index in [4.69, 9.17) is 16.3 Å². The molecule has 0 unspecified atom stereocenters. The van der Waals surface area contributed by atoms with Crippen LogP contribution in [0.2, 0.25) is 0 Å². The monoisotopic (exact) mass is 339 g/mol. The second kappa shape index (κ2) is 4.15. The molecule has 0 radical (unpaired) electrons. The lowest BCUT2D eigenvalue weighted by molar-refractivity contribution is -0.0204. The van der Waals surface area contributed by atoms with Crippen LogP contribution in [0.3, 0.4) is 0 Å². The standard InChI is InChI=1S/C16H18ClNO3S/c1-12-3-5-13(6-4-12)22(19,20)18-10-15(17)9-14(2)7-8-16(15,11-18)21-14/h3-8H,9-11H2,1-2H3/t14-,15-,16-/m1/s1. The van der Waals surface area contributed by atoms with Crippen molar-refractivity contribution in [2.75, 3.05) is 13.1 Å². The number of rotatable bonds is 2. The van der Waals surface area contributed by atoms with E-state index in [1.807, 2.05) is 38.1 Å². The van der Waals surface area contributed by atoms with Crippen molar-refractivity contribution in [2.45, 2.75) is 41.2 Å². The summed E-state index contributed by atoms with van der Waals surface area (Å²) in [4.78, 5) is -0.367. The lowest BCUT2D eigenvalue weighted by Gasteiger charge is -2.28. The van der Waals surface area contributed by atoms with Crippen molar-refractivity contribution in [2.24, 2.45) is 0 Å². The molecule has 1 aromatic carbocycles. The second-order valence-corrected chi connectivity index (χ2v) is 9.53. The van der Waals surface area contributed by atoms with Gasteiger partial charge in [0.05, 0.1) is 15.4 Å². The van der Waals surface area contributed by atoms with Gasteiger partial charge in [-0.15, -0.1) is 11.6 Å². The topological polar surface area (TPSA) is 46.6 Å². The summed E-state index contributed by atoms with van der Waals surface area (Å²) >= 11 is 6.78. The van der Waals surface area contributed by atoms with Gasteiger partial charge in [0.25, 0.3) is 0 Å². The third kappa shape index (κ3) is 1.80. The van der Waals surface area contributed by atoms with Crippen LogP contribution < -0.4 is 0 Å². The van der Waals surface area contributed by atoms with Crippen molar-refractivity contribution < 1.29 is 13.2 Å². The number of nitrogens with zero attached hydrogens (tertiary/aromatic N) is 1. The van der Waals surface area contributed by atoms with E-state index in [0.717, 1.165) is 5.56 Å². The molecule has 0 aromatic heterocycles. The summed E-state index contributed by atoms with van der Waals surface area (Å²) in [6.45, 7) is 4.49. The van der Waals surface area contributed by atoms with E-state index in [1.54, 1.807) is 12.1 Å². The van der Waals surface area contributed by atoms with Gasteiger partial charge in [0, 0.05) is 19.5 Å². The number of aryl methyl sites for hydroxylation is 1. The molecular weight excluding hydrogens is 322 g/mol. The summed E-state index contributed by atoms with van der Waals surface area (Å²) in [7, 11) is -3.55. The van der Waals surface area contributed by atoms with E-state index in [0.29, 0.717) is 11.3 Å². The number of sulfonamides is 1. The van der Waals surface area contributed by atoms with Crippen LogP contribution in [0, 0.1) is 6.92 Å². The number of benzene rings is 1. The predicted octanol–water partition coefficient (Wildman–Crippen LogP) is 2.46. The van der Waals surface area contributed by atoms with Crippen molar-refractivity contribution in [3.8, 4) is 0 Å². The maximum Gasteiger partial charge on any atom is 0.243 e. The average Bonchev–Trinajstić information content (AvgIpc) is 2.97. The largest absolute Gasteiger partial charge is 0.357 e. The molecule has 4 rings (SSSR count). The molecule has 3 heterocycles. The lowest BCUT2D eigenvalue weighted by atomic mass is 9.81. The van der Waals surface area contributed by atoms with Crippen LogP contribution in [0.1, 0.15) is 18.9 Å². The van der Waals surface area contributed by atoms with E-state index >= 15 is 0 Å². The molecule has 3 aliphatic heterocycles. The molecule has 1 aromatic rings. The van der Waals surface area contributed by atoms with Gasteiger partial charge in [-0.3, -0.25) is 0 Å². The third-order valence-electron chi connectivity index (χ3n) is 5.01. The zero-order chi connectivity index (χ0) is 15.8. The second-order valence-electron chi connectivity index (χ2n) is 6.87. The summed E-state index contributed by atoms with van der Waals surface area (Å²) in [5, 5.41) is 0. The molecule has 0 N–H and O–H groups in total. The zero-order valence-corrected chi connectivity index (χ0v) is 14.1. The Morgan fingerprint density at radius 3 is 2.45 bits per heavy atom. The summed E-state index contributed by atoms with van der Waals surface area (Å²) in [5.74, 6) is 0. The molecule has 2 bridgehead atoms. The van der Waals surface area contributed by atoms with Crippen LogP contribution >= 0.6 is 11.6 Å². The van der Waals surface area contributed by atoms with Crippen molar-refractivity contribution in [3.63, 3.8) is 0 Å².